The SMILES string of the molecule is O=C(C1CNCCO1)N(CCc1ccccn1)Cc1ccc(F)cc1. The molecule has 1 N–H and O–H groups in total. The van der Waals surface area contributed by atoms with Crippen LogP contribution in [0, 0.1) is 5.82 Å². The van der Waals surface area contributed by atoms with Gasteiger partial charge >= 0.3 is 0 Å². The smallest absolute Gasteiger partial charge is 0.253 e. The minimum absolute atomic E-state index is 0.0487. The summed E-state index contributed by atoms with van der Waals surface area (Å²) in [4.78, 5) is 18.9. The molecular formula is C19H22FN3O2. The first-order chi connectivity index (χ1) is 12.2. The summed E-state index contributed by atoms with van der Waals surface area (Å²) in [6, 6.07) is 12.0. The third-order valence-corrected chi connectivity index (χ3v) is 4.17. The number of carbonyl (C=O) groups is 1. The van der Waals surface area contributed by atoms with Gasteiger partial charge in [0.05, 0.1) is 6.61 Å². The molecule has 0 bridgehead atoms. The van der Waals surface area contributed by atoms with E-state index in [2.05, 4.69) is 10.3 Å². The van der Waals surface area contributed by atoms with E-state index in [-0.39, 0.29) is 11.7 Å². The number of nitrogens with one attached hydrogen (secondary N) is 1. The van der Waals surface area contributed by atoms with Crippen LogP contribution in [0.15, 0.2) is 48.7 Å². The van der Waals surface area contributed by atoms with Crippen LogP contribution in [0.2, 0.25) is 0 Å². The van der Waals surface area contributed by atoms with Crippen LogP contribution in [0.4, 0.5) is 4.39 Å². The lowest BCUT2D eigenvalue weighted by Gasteiger charge is -2.30. The molecule has 6 heteroatoms. The summed E-state index contributed by atoms with van der Waals surface area (Å²) in [5.41, 5.74) is 1.82. The number of hydrogen-bond donors (Lipinski definition) is 1. The van der Waals surface area contributed by atoms with Crippen LogP contribution >= 0.6 is 0 Å². The van der Waals surface area contributed by atoms with Crippen LogP contribution in [0.25, 0.3) is 0 Å². The molecular weight excluding hydrogens is 321 g/mol. The Hall–Kier alpha value is -2.31. The third kappa shape index (κ3) is 5.08. The lowest BCUT2D eigenvalue weighted by Crippen LogP contribution is -2.49. The Morgan fingerprint density at radius 2 is 2.12 bits per heavy atom. The van der Waals surface area contributed by atoms with E-state index >= 15 is 0 Å². The summed E-state index contributed by atoms with van der Waals surface area (Å²) in [6.45, 7) is 2.76. The molecule has 1 aliphatic rings. The van der Waals surface area contributed by atoms with Crippen LogP contribution in [-0.2, 0) is 22.5 Å². The van der Waals surface area contributed by atoms with Gasteiger partial charge in [-0.1, -0.05) is 18.2 Å². The number of ether oxygens (including phenoxy) is 1. The van der Waals surface area contributed by atoms with Crippen molar-refractivity contribution in [1.29, 1.82) is 0 Å². The molecule has 0 radical (unpaired) electrons. The van der Waals surface area contributed by atoms with Crippen molar-refractivity contribution < 1.29 is 13.9 Å². The van der Waals surface area contributed by atoms with Crippen molar-refractivity contribution in [2.45, 2.75) is 19.1 Å². The number of carbonyl (C=O) groups excluding carboxylic acids is 1. The van der Waals surface area contributed by atoms with Gasteiger partial charge in [-0.05, 0) is 29.8 Å². The van der Waals surface area contributed by atoms with Gasteiger partial charge in [-0.25, -0.2) is 4.39 Å². The molecule has 1 aromatic heterocycles. The van der Waals surface area contributed by atoms with E-state index in [9.17, 15) is 9.18 Å². The van der Waals surface area contributed by atoms with E-state index in [4.69, 9.17) is 4.74 Å². The maximum atomic E-state index is 13.1. The molecule has 3 rings (SSSR count). The summed E-state index contributed by atoms with van der Waals surface area (Å²) in [5, 5.41) is 3.18. The van der Waals surface area contributed by atoms with Crippen molar-refractivity contribution in [1.82, 2.24) is 15.2 Å². The van der Waals surface area contributed by atoms with Crippen molar-refractivity contribution in [2.75, 3.05) is 26.2 Å². The Morgan fingerprint density at radius 3 is 2.80 bits per heavy atom. The van der Waals surface area contributed by atoms with Crippen molar-refractivity contribution in [3.63, 3.8) is 0 Å². The number of benzene rings is 1. The van der Waals surface area contributed by atoms with Gasteiger partial charge in [-0.3, -0.25) is 9.78 Å². The first-order valence-electron chi connectivity index (χ1n) is 8.48. The van der Waals surface area contributed by atoms with E-state index in [1.807, 2.05) is 18.2 Å². The third-order valence-electron chi connectivity index (χ3n) is 4.17. The first-order valence-corrected chi connectivity index (χ1v) is 8.48. The predicted molar refractivity (Wildman–Crippen MR) is 92.4 cm³/mol. The van der Waals surface area contributed by atoms with Gasteiger partial charge in [0.1, 0.15) is 11.9 Å². The standard InChI is InChI=1S/C19H22FN3O2/c20-16-6-4-15(5-7-16)14-23(11-8-17-3-1-2-9-22-17)19(24)18-13-21-10-12-25-18/h1-7,9,18,21H,8,10-14H2. The Kier molecular flexibility index (Phi) is 6.09. The summed E-state index contributed by atoms with van der Waals surface area (Å²) in [7, 11) is 0. The van der Waals surface area contributed by atoms with Gasteiger partial charge in [-0.2, -0.15) is 0 Å². The summed E-state index contributed by atoms with van der Waals surface area (Å²) in [5.74, 6) is -0.331. The summed E-state index contributed by atoms with van der Waals surface area (Å²) >= 11 is 0. The number of hydrogen-bond acceptors (Lipinski definition) is 4. The quantitative estimate of drug-likeness (QED) is 0.869. The van der Waals surface area contributed by atoms with Gasteiger partial charge < -0.3 is 15.0 Å². The normalized spacial score (nSPS) is 17.2. The highest BCUT2D eigenvalue weighted by atomic mass is 19.1. The fourth-order valence-corrected chi connectivity index (χ4v) is 2.80. The maximum Gasteiger partial charge on any atom is 0.253 e. The molecule has 1 amide bonds. The Morgan fingerprint density at radius 1 is 1.28 bits per heavy atom. The first kappa shape index (κ1) is 17.5. The Labute approximate surface area is 146 Å². The molecule has 25 heavy (non-hydrogen) atoms. The second-order valence-corrected chi connectivity index (χ2v) is 6.02. The second-order valence-electron chi connectivity index (χ2n) is 6.02. The van der Waals surface area contributed by atoms with Gasteiger partial charge in [-0.15, -0.1) is 0 Å². The molecule has 1 fully saturated rings. The largest absolute Gasteiger partial charge is 0.366 e. The molecule has 1 aliphatic heterocycles. The summed E-state index contributed by atoms with van der Waals surface area (Å²) in [6.07, 6.45) is 1.93. The highest BCUT2D eigenvalue weighted by molar-refractivity contribution is 5.81. The fraction of sp³-hybridized carbons (Fsp3) is 0.368. The average molecular weight is 343 g/mol. The zero-order valence-electron chi connectivity index (χ0n) is 14.0. The van der Waals surface area contributed by atoms with Crippen molar-refractivity contribution >= 4 is 5.91 Å². The number of nitrogens with zero attached hydrogens (tertiary/aromatic N) is 2. The molecule has 0 spiro atoms. The monoisotopic (exact) mass is 343 g/mol. The van der Waals surface area contributed by atoms with E-state index < -0.39 is 6.10 Å². The molecule has 1 atom stereocenters. The van der Waals surface area contributed by atoms with E-state index in [1.54, 1.807) is 23.2 Å². The number of rotatable bonds is 6. The highest BCUT2D eigenvalue weighted by Gasteiger charge is 2.26. The van der Waals surface area contributed by atoms with Gasteiger partial charge in [0.25, 0.3) is 5.91 Å². The summed E-state index contributed by atoms with van der Waals surface area (Å²) < 4.78 is 18.7. The zero-order chi connectivity index (χ0) is 17.5. The molecule has 1 saturated heterocycles. The average Bonchev–Trinajstić information content (AvgIpc) is 2.67. The minimum atomic E-state index is -0.474. The molecule has 1 aromatic carbocycles. The number of amides is 1. The highest BCUT2D eigenvalue weighted by Crippen LogP contribution is 2.11. The van der Waals surface area contributed by atoms with Crippen molar-refractivity contribution in [2.24, 2.45) is 0 Å². The van der Waals surface area contributed by atoms with Crippen LogP contribution in [0.5, 0.6) is 0 Å². The fourth-order valence-electron chi connectivity index (χ4n) is 2.80. The van der Waals surface area contributed by atoms with Gasteiger partial charge in [0.2, 0.25) is 0 Å². The molecule has 2 heterocycles. The molecule has 2 aromatic rings. The number of halogens is 1. The number of pyridine rings is 1. The molecule has 1 unspecified atom stereocenters. The van der Waals surface area contributed by atoms with Gasteiger partial charge in [0, 0.05) is 44.5 Å². The van der Waals surface area contributed by atoms with Crippen LogP contribution in [-0.4, -0.2) is 48.1 Å². The van der Waals surface area contributed by atoms with Crippen molar-refractivity contribution in [3.8, 4) is 0 Å². The van der Waals surface area contributed by atoms with Crippen molar-refractivity contribution in [3.05, 3.63) is 65.7 Å². The lowest BCUT2D eigenvalue weighted by atomic mass is 10.1. The number of aromatic nitrogens is 1. The van der Waals surface area contributed by atoms with E-state index in [0.717, 1.165) is 17.8 Å². The Balaban J connectivity index is 1.69. The second kappa shape index (κ2) is 8.69. The van der Waals surface area contributed by atoms with Gasteiger partial charge in [0.15, 0.2) is 0 Å². The van der Waals surface area contributed by atoms with Crippen LogP contribution in [0.1, 0.15) is 11.3 Å². The van der Waals surface area contributed by atoms with Crippen LogP contribution < -0.4 is 5.32 Å². The molecule has 5 nitrogen and oxygen atoms in total. The molecule has 0 aliphatic carbocycles. The Bertz CT molecular complexity index is 673. The topological polar surface area (TPSA) is 54.5 Å². The minimum Gasteiger partial charge on any atom is -0.366 e. The number of morpholine rings is 1. The zero-order valence-corrected chi connectivity index (χ0v) is 14.0. The molecule has 132 valence electrons. The lowest BCUT2D eigenvalue weighted by molar-refractivity contribution is -0.145. The predicted octanol–water partition coefficient (Wildman–Crippen LogP) is 1.78. The maximum absolute atomic E-state index is 13.1. The van der Waals surface area contributed by atoms with E-state index in [0.29, 0.717) is 32.7 Å². The van der Waals surface area contributed by atoms with Crippen LogP contribution in [0.3, 0.4) is 0 Å². The van der Waals surface area contributed by atoms with E-state index in [1.165, 1.54) is 12.1 Å². The molecule has 0 saturated carbocycles.